The Kier molecular flexibility index (Phi) is 11.5. The molecule has 0 aromatic rings. The molecule has 4 heteroatoms. The predicted molar refractivity (Wildman–Crippen MR) is 43.0 cm³/mol. The summed E-state index contributed by atoms with van der Waals surface area (Å²) in [5.41, 5.74) is 0. The number of hydrogen-bond acceptors (Lipinski definition) is 1. The van der Waals surface area contributed by atoms with Crippen molar-refractivity contribution in [3.63, 3.8) is 0 Å². The summed E-state index contributed by atoms with van der Waals surface area (Å²) in [6, 6.07) is 0. The summed E-state index contributed by atoms with van der Waals surface area (Å²) < 4.78 is 0. The summed E-state index contributed by atoms with van der Waals surface area (Å²) in [7, 11) is 9.75. The van der Waals surface area contributed by atoms with Crippen LogP contribution in [0, 0.1) is 0 Å². The van der Waals surface area contributed by atoms with Crippen LogP contribution >= 0.6 is 18.8 Å². The number of halogens is 2. The molecule has 0 atom stereocenters. The minimum atomic E-state index is -0.472. The molecule has 0 aromatic heterocycles. The van der Waals surface area contributed by atoms with Crippen molar-refractivity contribution in [3.05, 3.63) is 0 Å². The summed E-state index contributed by atoms with van der Waals surface area (Å²) in [5, 5.41) is 3.35. The molecular formula is C6H13Cl2NPt. The van der Waals surface area contributed by atoms with Gasteiger partial charge in [0.2, 0.25) is 0 Å². The van der Waals surface area contributed by atoms with Gasteiger partial charge < -0.3 is 5.32 Å². The summed E-state index contributed by atoms with van der Waals surface area (Å²) in [5.74, 6) is 0. The van der Waals surface area contributed by atoms with Gasteiger partial charge >= 0.3 is 35.3 Å². The Hall–Kier alpha value is 1.23. The van der Waals surface area contributed by atoms with Crippen molar-refractivity contribution < 1.29 is 16.5 Å². The molecule has 1 aliphatic heterocycles. The zero-order valence-corrected chi connectivity index (χ0v) is 9.60. The van der Waals surface area contributed by atoms with Gasteiger partial charge in [-0.3, -0.25) is 0 Å². The molecule has 1 nitrogen and oxygen atoms in total. The fourth-order valence-corrected chi connectivity index (χ4v) is 0.979. The quantitative estimate of drug-likeness (QED) is 0.696. The second-order valence-electron chi connectivity index (χ2n) is 2.21. The van der Waals surface area contributed by atoms with Gasteiger partial charge in [-0.15, -0.1) is 0 Å². The SMILES string of the molecule is C1CCCNCC1.[Cl][Pt][Cl]. The van der Waals surface area contributed by atoms with Crippen LogP contribution in [0.5, 0.6) is 0 Å². The number of hydrogen-bond donors (Lipinski definition) is 1. The molecule has 0 amide bonds. The molecule has 1 aliphatic rings. The summed E-state index contributed by atoms with van der Waals surface area (Å²) in [6.07, 6.45) is 5.65. The molecule has 1 rings (SSSR count). The monoisotopic (exact) mass is 364 g/mol. The van der Waals surface area contributed by atoms with Crippen molar-refractivity contribution in [2.45, 2.75) is 25.7 Å². The maximum absolute atomic E-state index is 4.88. The Morgan fingerprint density at radius 1 is 0.900 bits per heavy atom. The van der Waals surface area contributed by atoms with Crippen LogP contribution in [-0.2, 0) is 16.5 Å². The molecular weight excluding hydrogens is 352 g/mol. The topological polar surface area (TPSA) is 12.0 Å². The first-order valence-electron chi connectivity index (χ1n) is 3.45. The van der Waals surface area contributed by atoms with E-state index in [2.05, 4.69) is 5.32 Å². The van der Waals surface area contributed by atoms with E-state index in [1.165, 1.54) is 38.8 Å². The zero-order chi connectivity index (χ0) is 7.66. The van der Waals surface area contributed by atoms with E-state index in [4.69, 9.17) is 18.8 Å². The molecule has 1 fully saturated rings. The van der Waals surface area contributed by atoms with E-state index < -0.39 is 16.5 Å². The third-order valence-corrected chi connectivity index (χ3v) is 1.46. The Balaban J connectivity index is 0.000000236. The van der Waals surface area contributed by atoms with E-state index >= 15 is 0 Å². The van der Waals surface area contributed by atoms with Crippen LogP contribution in [0.3, 0.4) is 0 Å². The summed E-state index contributed by atoms with van der Waals surface area (Å²) in [6.45, 7) is 2.50. The van der Waals surface area contributed by atoms with Gasteiger partial charge in [-0.25, -0.2) is 0 Å². The average Bonchev–Trinajstić information content (AvgIpc) is 2.17. The Morgan fingerprint density at radius 3 is 1.70 bits per heavy atom. The van der Waals surface area contributed by atoms with Crippen LogP contribution in [-0.4, -0.2) is 13.1 Å². The van der Waals surface area contributed by atoms with Crippen LogP contribution in [0.4, 0.5) is 0 Å². The van der Waals surface area contributed by atoms with Crippen molar-refractivity contribution in [1.29, 1.82) is 0 Å². The molecule has 0 bridgehead atoms. The first-order valence-corrected chi connectivity index (χ1v) is 9.08. The second-order valence-corrected chi connectivity index (χ2v) is 5.49. The second kappa shape index (κ2) is 10.2. The van der Waals surface area contributed by atoms with Crippen molar-refractivity contribution in [2.24, 2.45) is 0 Å². The van der Waals surface area contributed by atoms with E-state index in [9.17, 15) is 0 Å². The van der Waals surface area contributed by atoms with Crippen LogP contribution in [0.2, 0.25) is 0 Å². The first-order chi connectivity index (χ1) is 4.91. The Bertz CT molecular complexity index is 44.1. The van der Waals surface area contributed by atoms with Gasteiger partial charge in [0.1, 0.15) is 0 Å². The van der Waals surface area contributed by atoms with Crippen LogP contribution in [0.25, 0.3) is 0 Å². The molecule has 1 N–H and O–H groups in total. The van der Waals surface area contributed by atoms with Crippen molar-refractivity contribution in [1.82, 2.24) is 5.32 Å². The normalized spacial score (nSPS) is 19.0. The molecule has 1 saturated heterocycles. The van der Waals surface area contributed by atoms with E-state index in [-0.39, 0.29) is 0 Å². The van der Waals surface area contributed by atoms with E-state index in [0.29, 0.717) is 0 Å². The summed E-state index contributed by atoms with van der Waals surface area (Å²) in [4.78, 5) is 0. The third kappa shape index (κ3) is 9.23. The third-order valence-electron chi connectivity index (χ3n) is 1.46. The van der Waals surface area contributed by atoms with E-state index in [1.807, 2.05) is 0 Å². The molecule has 0 saturated carbocycles. The standard InChI is InChI=1S/C6H13N.2ClH.Pt/c1-2-4-6-7-5-3-1;;;/h7H,1-6H2;2*1H;/q;;;+2/p-2. The van der Waals surface area contributed by atoms with Gasteiger partial charge in [-0.2, -0.15) is 0 Å². The van der Waals surface area contributed by atoms with Crippen LogP contribution < -0.4 is 5.32 Å². The van der Waals surface area contributed by atoms with Crippen molar-refractivity contribution in [2.75, 3.05) is 13.1 Å². The molecule has 0 aliphatic carbocycles. The van der Waals surface area contributed by atoms with Crippen LogP contribution in [0.15, 0.2) is 0 Å². The number of nitrogens with one attached hydrogen (secondary N) is 1. The molecule has 66 valence electrons. The fourth-order valence-electron chi connectivity index (χ4n) is 0.979. The molecule has 0 aromatic carbocycles. The minimum absolute atomic E-state index is 0.472. The van der Waals surface area contributed by atoms with Gasteiger partial charge in [0.25, 0.3) is 0 Å². The molecule has 1 heterocycles. The van der Waals surface area contributed by atoms with E-state index in [0.717, 1.165) is 0 Å². The number of rotatable bonds is 0. The Morgan fingerprint density at radius 2 is 1.30 bits per heavy atom. The molecule has 0 radical (unpaired) electrons. The first kappa shape index (κ1) is 11.2. The Labute approximate surface area is 79.2 Å². The molecule has 0 spiro atoms. The molecule has 10 heavy (non-hydrogen) atoms. The van der Waals surface area contributed by atoms with E-state index in [1.54, 1.807) is 0 Å². The predicted octanol–water partition coefficient (Wildman–Crippen LogP) is 2.53. The van der Waals surface area contributed by atoms with Gasteiger partial charge in [-0.1, -0.05) is 12.8 Å². The van der Waals surface area contributed by atoms with Crippen LogP contribution in [0.1, 0.15) is 25.7 Å². The van der Waals surface area contributed by atoms with Gasteiger partial charge in [0.05, 0.1) is 0 Å². The van der Waals surface area contributed by atoms with Gasteiger partial charge in [0, 0.05) is 0 Å². The van der Waals surface area contributed by atoms with Gasteiger partial charge in [-0.05, 0) is 25.9 Å². The average molecular weight is 365 g/mol. The van der Waals surface area contributed by atoms with Crippen molar-refractivity contribution >= 4 is 18.8 Å². The molecule has 0 unspecified atom stereocenters. The zero-order valence-electron chi connectivity index (χ0n) is 5.81. The van der Waals surface area contributed by atoms with Crippen molar-refractivity contribution in [3.8, 4) is 0 Å². The fraction of sp³-hybridized carbons (Fsp3) is 1.00. The van der Waals surface area contributed by atoms with Gasteiger partial charge in [0.15, 0.2) is 0 Å². The maximum atomic E-state index is 4.88. The summed E-state index contributed by atoms with van der Waals surface area (Å²) >= 11 is -0.472.